The molecule has 0 saturated carbocycles. The average molecular weight is 233 g/mol. The Labute approximate surface area is 89.4 Å². The van der Waals surface area contributed by atoms with Gasteiger partial charge in [-0.2, -0.15) is 18.3 Å². The Kier molecular flexibility index (Phi) is 2.40. The monoisotopic (exact) mass is 233 g/mol. The summed E-state index contributed by atoms with van der Waals surface area (Å²) in [6, 6.07) is 0. The van der Waals surface area contributed by atoms with Gasteiger partial charge in [0, 0.05) is 12.1 Å². The zero-order valence-corrected chi connectivity index (χ0v) is 8.56. The van der Waals surface area contributed by atoms with Gasteiger partial charge in [0.25, 0.3) is 5.91 Å². The van der Waals surface area contributed by atoms with E-state index < -0.39 is 17.8 Å². The lowest BCUT2D eigenvalue weighted by Crippen LogP contribution is -2.36. The number of nitrogens with one attached hydrogen (secondary N) is 1. The van der Waals surface area contributed by atoms with Crippen LogP contribution in [0, 0.1) is 0 Å². The van der Waals surface area contributed by atoms with E-state index in [4.69, 9.17) is 0 Å². The second-order valence-corrected chi connectivity index (χ2v) is 3.51. The summed E-state index contributed by atoms with van der Waals surface area (Å²) in [5, 5.41) is 5.98. The molecule has 0 radical (unpaired) electrons. The van der Waals surface area contributed by atoms with Gasteiger partial charge in [-0.3, -0.25) is 9.48 Å². The Bertz CT molecular complexity index is 436. The number of hydrogen-bond donors (Lipinski definition) is 1. The van der Waals surface area contributed by atoms with Crippen molar-refractivity contribution < 1.29 is 18.0 Å². The topological polar surface area (TPSA) is 46.9 Å². The SMILES string of the molecule is CCc1c(C(F)(F)F)nn2c1C(=O)NCC2. The second-order valence-electron chi connectivity index (χ2n) is 3.51. The summed E-state index contributed by atoms with van der Waals surface area (Å²) in [4.78, 5) is 11.5. The third-order valence-electron chi connectivity index (χ3n) is 2.50. The van der Waals surface area contributed by atoms with Gasteiger partial charge in [-0.15, -0.1) is 0 Å². The van der Waals surface area contributed by atoms with Crippen molar-refractivity contribution in [1.82, 2.24) is 15.1 Å². The van der Waals surface area contributed by atoms with Crippen molar-refractivity contribution >= 4 is 5.91 Å². The highest BCUT2D eigenvalue weighted by Gasteiger charge is 2.40. The second kappa shape index (κ2) is 3.50. The summed E-state index contributed by atoms with van der Waals surface area (Å²) in [7, 11) is 0. The third-order valence-corrected chi connectivity index (χ3v) is 2.50. The van der Waals surface area contributed by atoms with E-state index in [1.54, 1.807) is 6.92 Å². The summed E-state index contributed by atoms with van der Waals surface area (Å²) in [5.41, 5.74) is -0.923. The van der Waals surface area contributed by atoms with E-state index in [2.05, 4.69) is 10.4 Å². The molecule has 0 spiro atoms. The van der Waals surface area contributed by atoms with E-state index in [1.807, 2.05) is 0 Å². The van der Waals surface area contributed by atoms with Gasteiger partial charge < -0.3 is 5.32 Å². The molecular weight excluding hydrogens is 223 g/mol. The molecule has 1 N–H and O–H groups in total. The maximum atomic E-state index is 12.6. The molecule has 0 aliphatic carbocycles. The van der Waals surface area contributed by atoms with Crippen LogP contribution in [0.1, 0.15) is 28.7 Å². The molecule has 7 heteroatoms. The van der Waals surface area contributed by atoms with E-state index in [0.717, 1.165) is 4.68 Å². The quantitative estimate of drug-likeness (QED) is 0.792. The molecule has 0 unspecified atom stereocenters. The molecule has 0 saturated heterocycles. The van der Waals surface area contributed by atoms with Gasteiger partial charge in [-0.05, 0) is 6.42 Å². The summed E-state index contributed by atoms with van der Waals surface area (Å²) in [6.07, 6.45) is -4.37. The predicted octanol–water partition coefficient (Wildman–Crippen LogP) is 1.21. The van der Waals surface area contributed by atoms with Gasteiger partial charge in [-0.1, -0.05) is 6.92 Å². The van der Waals surface area contributed by atoms with Crippen molar-refractivity contribution in [1.29, 1.82) is 0 Å². The Morgan fingerprint density at radius 2 is 2.19 bits per heavy atom. The number of halogens is 3. The smallest absolute Gasteiger partial charge is 0.349 e. The van der Waals surface area contributed by atoms with Gasteiger partial charge >= 0.3 is 6.18 Å². The van der Waals surface area contributed by atoms with E-state index in [-0.39, 0.29) is 24.2 Å². The molecule has 0 aromatic carbocycles. The highest BCUT2D eigenvalue weighted by Crippen LogP contribution is 2.33. The first-order valence-electron chi connectivity index (χ1n) is 4.90. The molecule has 4 nitrogen and oxygen atoms in total. The van der Waals surface area contributed by atoms with Crippen LogP contribution in [-0.2, 0) is 19.1 Å². The van der Waals surface area contributed by atoms with Crippen LogP contribution in [-0.4, -0.2) is 22.2 Å². The van der Waals surface area contributed by atoms with Gasteiger partial charge in [0.15, 0.2) is 5.69 Å². The Morgan fingerprint density at radius 3 is 2.75 bits per heavy atom. The molecule has 1 amide bonds. The summed E-state index contributed by atoms with van der Waals surface area (Å²) in [5.74, 6) is -0.480. The van der Waals surface area contributed by atoms with E-state index in [9.17, 15) is 18.0 Å². The minimum absolute atomic E-state index is 0.0234. The standard InChI is InChI=1S/C9H10F3N3O/c1-2-5-6-8(16)13-3-4-15(6)14-7(5)9(10,11)12/h2-4H2,1H3,(H,13,16). The van der Waals surface area contributed by atoms with E-state index >= 15 is 0 Å². The minimum Gasteiger partial charge on any atom is -0.349 e. The van der Waals surface area contributed by atoms with Crippen LogP contribution in [0.3, 0.4) is 0 Å². The maximum Gasteiger partial charge on any atom is 0.435 e. The molecule has 1 aliphatic heterocycles. The third kappa shape index (κ3) is 1.56. The van der Waals surface area contributed by atoms with E-state index in [0.29, 0.717) is 6.54 Å². The van der Waals surface area contributed by atoms with Crippen molar-refractivity contribution in [2.75, 3.05) is 6.54 Å². The van der Waals surface area contributed by atoms with Gasteiger partial charge in [-0.25, -0.2) is 0 Å². The molecule has 0 atom stereocenters. The molecule has 2 heterocycles. The van der Waals surface area contributed by atoms with Crippen molar-refractivity contribution in [2.45, 2.75) is 26.1 Å². The van der Waals surface area contributed by atoms with Crippen LogP contribution in [0.25, 0.3) is 0 Å². The predicted molar refractivity (Wildman–Crippen MR) is 48.9 cm³/mol. The lowest BCUT2D eigenvalue weighted by Gasteiger charge is -2.14. The summed E-state index contributed by atoms with van der Waals surface area (Å²) >= 11 is 0. The fourth-order valence-corrected chi connectivity index (χ4v) is 1.84. The van der Waals surface area contributed by atoms with Crippen LogP contribution in [0.2, 0.25) is 0 Å². The molecule has 0 bridgehead atoms. The fraction of sp³-hybridized carbons (Fsp3) is 0.556. The molecular formula is C9H10F3N3O. The first kappa shape index (κ1) is 11.0. The number of fused-ring (bicyclic) bond motifs is 1. The largest absolute Gasteiger partial charge is 0.435 e. The molecule has 1 aromatic rings. The number of alkyl halides is 3. The Balaban J connectivity index is 2.61. The number of amides is 1. The van der Waals surface area contributed by atoms with Crippen LogP contribution < -0.4 is 5.32 Å². The molecule has 88 valence electrons. The van der Waals surface area contributed by atoms with Crippen molar-refractivity contribution in [2.24, 2.45) is 0 Å². The van der Waals surface area contributed by atoms with Crippen LogP contribution in [0.4, 0.5) is 13.2 Å². The molecule has 1 aliphatic rings. The lowest BCUT2D eigenvalue weighted by atomic mass is 10.1. The van der Waals surface area contributed by atoms with Crippen LogP contribution in [0.5, 0.6) is 0 Å². The van der Waals surface area contributed by atoms with Gasteiger partial charge in [0.1, 0.15) is 5.69 Å². The number of hydrogen-bond acceptors (Lipinski definition) is 2. The maximum absolute atomic E-state index is 12.6. The normalized spacial score (nSPS) is 15.9. The molecule has 1 aromatic heterocycles. The Morgan fingerprint density at radius 1 is 1.50 bits per heavy atom. The number of carbonyl (C=O) groups excluding carboxylic acids is 1. The minimum atomic E-state index is -4.50. The zero-order valence-electron chi connectivity index (χ0n) is 8.56. The van der Waals surface area contributed by atoms with E-state index in [1.165, 1.54) is 0 Å². The lowest BCUT2D eigenvalue weighted by molar-refractivity contribution is -0.142. The number of carbonyl (C=O) groups is 1. The molecule has 2 rings (SSSR count). The first-order chi connectivity index (χ1) is 7.45. The Hall–Kier alpha value is -1.53. The van der Waals surface area contributed by atoms with Crippen molar-refractivity contribution in [3.63, 3.8) is 0 Å². The van der Waals surface area contributed by atoms with Crippen LogP contribution in [0.15, 0.2) is 0 Å². The summed E-state index contributed by atoms with van der Waals surface area (Å²) < 4.78 is 39.1. The summed E-state index contributed by atoms with van der Waals surface area (Å²) in [6.45, 7) is 2.17. The molecule has 0 fully saturated rings. The number of rotatable bonds is 1. The fourth-order valence-electron chi connectivity index (χ4n) is 1.84. The first-order valence-corrected chi connectivity index (χ1v) is 4.90. The van der Waals surface area contributed by atoms with Gasteiger partial charge in [0.2, 0.25) is 0 Å². The van der Waals surface area contributed by atoms with Crippen molar-refractivity contribution in [3.05, 3.63) is 17.0 Å². The van der Waals surface area contributed by atoms with Gasteiger partial charge in [0.05, 0.1) is 6.54 Å². The number of aromatic nitrogens is 2. The molecule has 16 heavy (non-hydrogen) atoms. The highest BCUT2D eigenvalue weighted by molar-refractivity contribution is 5.94. The number of nitrogens with zero attached hydrogens (tertiary/aromatic N) is 2. The highest BCUT2D eigenvalue weighted by atomic mass is 19.4. The van der Waals surface area contributed by atoms with Crippen LogP contribution >= 0.6 is 0 Å². The zero-order chi connectivity index (χ0) is 11.9. The average Bonchev–Trinajstić information content (AvgIpc) is 2.57. The van der Waals surface area contributed by atoms with Crippen molar-refractivity contribution in [3.8, 4) is 0 Å².